The molecule has 3 rings (SSSR count). The van der Waals surface area contributed by atoms with E-state index < -0.39 is 0 Å². The molecule has 2 aromatic heterocycles. The fourth-order valence-electron chi connectivity index (χ4n) is 2.53. The number of thiazole rings is 1. The zero-order valence-corrected chi connectivity index (χ0v) is 19.1. The molecule has 2 heterocycles. The number of aromatic nitrogens is 3. The van der Waals surface area contributed by atoms with Gasteiger partial charge in [-0.1, -0.05) is 52.8 Å². The van der Waals surface area contributed by atoms with Gasteiger partial charge in [0.1, 0.15) is 0 Å². The van der Waals surface area contributed by atoms with Gasteiger partial charge in [-0.05, 0) is 25.5 Å². The lowest BCUT2D eigenvalue weighted by Crippen LogP contribution is -2.27. The number of anilines is 1. The van der Waals surface area contributed by atoms with E-state index >= 15 is 0 Å². The molecule has 0 spiro atoms. The van der Waals surface area contributed by atoms with E-state index in [1.165, 1.54) is 18.3 Å². The largest absolute Gasteiger partial charge is 0.346 e. The molecule has 0 atom stereocenters. The zero-order valence-electron chi connectivity index (χ0n) is 16.7. The Bertz CT molecular complexity index is 1080. The van der Waals surface area contributed by atoms with E-state index in [4.69, 9.17) is 11.6 Å². The maximum atomic E-state index is 12.3. The molecule has 0 bridgehead atoms. The summed E-state index contributed by atoms with van der Waals surface area (Å²) in [5, 5.41) is 14.2. The topological polar surface area (TPSA) is 88.1 Å². The minimum Gasteiger partial charge on any atom is -0.346 e. The standard InChI is InChI=1S/C20H20ClN5O2S2/c1-4-26(13(3)27)20-23-15(11-29-20)9-16(21)18-24-25-19(30-18)17(28)22-10-14-7-5-12(2)6-8-14/h5-9,11H,4,10H2,1-3H3,(H,22,28)/b16-9-. The summed E-state index contributed by atoms with van der Waals surface area (Å²) in [5.74, 6) is -0.376. The minimum atomic E-state index is -0.306. The van der Waals surface area contributed by atoms with Crippen molar-refractivity contribution in [2.24, 2.45) is 0 Å². The van der Waals surface area contributed by atoms with Crippen molar-refractivity contribution < 1.29 is 9.59 Å². The van der Waals surface area contributed by atoms with E-state index in [2.05, 4.69) is 20.5 Å². The first-order chi connectivity index (χ1) is 14.4. The summed E-state index contributed by atoms with van der Waals surface area (Å²) in [5.41, 5.74) is 2.78. The minimum absolute atomic E-state index is 0.0705. The van der Waals surface area contributed by atoms with E-state index in [1.54, 1.807) is 16.4 Å². The monoisotopic (exact) mass is 461 g/mol. The van der Waals surface area contributed by atoms with Crippen LogP contribution in [0.15, 0.2) is 29.6 Å². The summed E-state index contributed by atoms with van der Waals surface area (Å²) < 4.78 is 0. The molecule has 3 aromatic rings. The van der Waals surface area contributed by atoms with Gasteiger partial charge in [0.15, 0.2) is 10.1 Å². The first kappa shape index (κ1) is 22.1. The van der Waals surface area contributed by atoms with Crippen LogP contribution in [0.25, 0.3) is 11.1 Å². The molecule has 10 heteroatoms. The number of amides is 2. The molecule has 0 radical (unpaired) electrons. The third kappa shape index (κ3) is 5.50. The molecule has 7 nitrogen and oxygen atoms in total. The molecule has 0 unspecified atom stereocenters. The molecule has 1 aromatic carbocycles. The van der Waals surface area contributed by atoms with Crippen LogP contribution in [0.1, 0.15) is 45.5 Å². The number of carbonyl (C=O) groups is 2. The summed E-state index contributed by atoms with van der Waals surface area (Å²) in [6, 6.07) is 7.92. The number of aryl methyl sites for hydroxylation is 1. The maximum Gasteiger partial charge on any atom is 0.282 e. The van der Waals surface area contributed by atoms with Gasteiger partial charge in [0.05, 0.1) is 10.7 Å². The van der Waals surface area contributed by atoms with Crippen LogP contribution in [0.4, 0.5) is 5.13 Å². The van der Waals surface area contributed by atoms with E-state index in [0.717, 1.165) is 22.5 Å². The highest BCUT2D eigenvalue weighted by Crippen LogP contribution is 2.28. The Morgan fingerprint density at radius 2 is 1.90 bits per heavy atom. The number of rotatable bonds is 7. The Hall–Kier alpha value is -2.62. The lowest BCUT2D eigenvalue weighted by atomic mass is 10.1. The summed E-state index contributed by atoms with van der Waals surface area (Å²) in [6.45, 7) is 6.34. The molecule has 2 amide bonds. The Morgan fingerprint density at radius 1 is 1.20 bits per heavy atom. The van der Waals surface area contributed by atoms with Crippen LogP contribution in [0.3, 0.4) is 0 Å². The van der Waals surface area contributed by atoms with E-state index in [0.29, 0.717) is 34.0 Å². The fraction of sp³-hybridized carbons (Fsp3) is 0.250. The Balaban J connectivity index is 1.66. The number of hydrogen-bond donors (Lipinski definition) is 1. The number of nitrogens with one attached hydrogen (secondary N) is 1. The lowest BCUT2D eigenvalue weighted by molar-refractivity contribution is -0.116. The second kappa shape index (κ2) is 9.92. The number of hydrogen-bond acceptors (Lipinski definition) is 7. The summed E-state index contributed by atoms with van der Waals surface area (Å²) in [6.07, 6.45) is 1.64. The second-order valence-electron chi connectivity index (χ2n) is 6.39. The molecule has 0 aliphatic rings. The molecular weight excluding hydrogens is 442 g/mol. The number of carbonyl (C=O) groups excluding carboxylic acids is 2. The Labute approximate surface area is 187 Å². The van der Waals surface area contributed by atoms with Gasteiger partial charge < -0.3 is 5.32 Å². The van der Waals surface area contributed by atoms with Crippen molar-refractivity contribution in [2.75, 3.05) is 11.4 Å². The van der Waals surface area contributed by atoms with E-state index in [9.17, 15) is 9.59 Å². The fourth-order valence-corrected chi connectivity index (χ4v) is 4.35. The molecule has 0 saturated carbocycles. The average Bonchev–Trinajstić information content (AvgIpc) is 3.38. The second-order valence-corrected chi connectivity index (χ2v) is 8.61. The van der Waals surface area contributed by atoms with Gasteiger partial charge in [-0.25, -0.2) is 4.98 Å². The van der Waals surface area contributed by atoms with Gasteiger partial charge in [-0.2, -0.15) is 0 Å². The van der Waals surface area contributed by atoms with Gasteiger partial charge in [0, 0.05) is 25.4 Å². The third-order valence-corrected chi connectivity index (χ3v) is 6.35. The van der Waals surface area contributed by atoms with Crippen molar-refractivity contribution in [3.8, 4) is 0 Å². The lowest BCUT2D eigenvalue weighted by Gasteiger charge is -2.14. The van der Waals surface area contributed by atoms with Crippen molar-refractivity contribution in [1.29, 1.82) is 0 Å². The van der Waals surface area contributed by atoms with Gasteiger partial charge in [0.25, 0.3) is 5.91 Å². The molecule has 30 heavy (non-hydrogen) atoms. The summed E-state index contributed by atoms with van der Waals surface area (Å²) in [4.78, 5) is 30.0. The number of benzene rings is 1. The molecule has 1 N–H and O–H groups in total. The molecule has 156 valence electrons. The van der Waals surface area contributed by atoms with E-state index in [1.807, 2.05) is 38.1 Å². The van der Waals surface area contributed by atoms with Crippen molar-refractivity contribution in [2.45, 2.75) is 27.3 Å². The highest BCUT2D eigenvalue weighted by atomic mass is 35.5. The summed E-state index contributed by atoms with van der Waals surface area (Å²) >= 11 is 8.82. The quantitative estimate of drug-likeness (QED) is 0.565. The Morgan fingerprint density at radius 3 is 2.57 bits per heavy atom. The van der Waals surface area contributed by atoms with Crippen molar-refractivity contribution in [3.05, 3.63) is 56.5 Å². The highest BCUT2D eigenvalue weighted by molar-refractivity contribution is 7.15. The molecule has 0 saturated heterocycles. The van der Waals surface area contributed by atoms with Crippen molar-refractivity contribution in [1.82, 2.24) is 20.5 Å². The summed E-state index contributed by atoms with van der Waals surface area (Å²) in [7, 11) is 0. The smallest absolute Gasteiger partial charge is 0.282 e. The van der Waals surface area contributed by atoms with Crippen LogP contribution < -0.4 is 10.2 Å². The van der Waals surface area contributed by atoms with Crippen molar-refractivity contribution >= 4 is 62.3 Å². The first-order valence-corrected chi connectivity index (χ1v) is 11.2. The Kier molecular flexibility index (Phi) is 7.30. The highest BCUT2D eigenvalue weighted by Gasteiger charge is 2.16. The van der Waals surface area contributed by atoms with Gasteiger partial charge >= 0.3 is 0 Å². The number of halogens is 1. The van der Waals surface area contributed by atoms with Crippen molar-refractivity contribution in [3.63, 3.8) is 0 Å². The SMILES string of the molecule is CCN(C(C)=O)c1nc(/C=C(\Cl)c2nnc(C(=O)NCc3ccc(C)cc3)s2)cs1. The first-order valence-electron chi connectivity index (χ1n) is 9.15. The van der Waals surface area contributed by atoms with Crippen LogP contribution in [0, 0.1) is 6.92 Å². The number of nitrogens with zero attached hydrogens (tertiary/aromatic N) is 4. The molecule has 0 aliphatic carbocycles. The van der Waals surface area contributed by atoms with E-state index in [-0.39, 0.29) is 16.8 Å². The molecular formula is C20H20ClN5O2S2. The average molecular weight is 462 g/mol. The van der Waals surface area contributed by atoms with Crippen LogP contribution in [0.5, 0.6) is 0 Å². The molecule has 0 fully saturated rings. The maximum absolute atomic E-state index is 12.3. The predicted molar refractivity (Wildman–Crippen MR) is 122 cm³/mol. The predicted octanol–water partition coefficient (Wildman–Crippen LogP) is 4.34. The zero-order chi connectivity index (χ0) is 21.7. The normalized spacial score (nSPS) is 11.4. The van der Waals surface area contributed by atoms with Gasteiger partial charge in [-0.15, -0.1) is 21.5 Å². The van der Waals surface area contributed by atoms with Gasteiger partial charge in [-0.3, -0.25) is 14.5 Å². The van der Waals surface area contributed by atoms with Crippen LogP contribution >= 0.6 is 34.3 Å². The molecule has 0 aliphatic heterocycles. The van der Waals surface area contributed by atoms with Crippen LogP contribution in [-0.4, -0.2) is 33.5 Å². The van der Waals surface area contributed by atoms with Crippen LogP contribution in [0.2, 0.25) is 0 Å². The van der Waals surface area contributed by atoms with Crippen LogP contribution in [-0.2, 0) is 11.3 Å². The third-order valence-electron chi connectivity index (χ3n) is 4.11. The van der Waals surface area contributed by atoms with Gasteiger partial charge in [0.2, 0.25) is 10.9 Å².